The minimum atomic E-state index is -2.47. The summed E-state index contributed by atoms with van der Waals surface area (Å²) < 4.78 is 29.8. The second kappa shape index (κ2) is 4.35. The lowest BCUT2D eigenvalue weighted by Gasteiger charge is -2.03. The topological polar surface area (TPSA) is 46.0 Å². The summed E-state index contributed by atoms with van der Waals surface area (Å²) in [5.41, 5.74) is 2.67. The number of benzene rings is 2. The Morgan fingerprint density at radius 2 is 1.68 bits per heavy atom. The largest absolute Gasteiger partial charge is 0.417 e. The van der Waals surface area contributed by atoms with Crippen LogP contribution in [0.4, 0.5) is 8.78 Å². The number of aromatic nitrogens is 1. The third-order valence-corrected chi connectivity index (χ3v) is 2.91. The van der Waals surface area contributed by atoms with E-state index in [1.54, 1.807) is 30.3 Å². The monoisotopic (exact) mass is 261 g/mol. The number of fused-ring (bicyclic) bond motifs is 1. The smallest absolute Gasteiger partial charge is 0.408 e. The summed E-state index contributed by atoms with van der Waals surface area (Å²) in [5, 5.41) is 0. The second-order valence-electron chi connectivity index (χ2n) is 4.15. The van der Waals surface area contributed by atoms with Crippen molar-refractivity contribution in [2.75, 3.05) is 0 Å². The zero-order valence-electron chi connectivity index (χ0n) is 9.69. The van der Waals surface area contributed by atoms with Gasteiger partial charge in [0, 0.05) is 5.56 Å². The lowest BCUT2D eigenvalue weighted by molar-refractivity contribution is 0.151. The molecule has 0 radical (unpaired) electrons. The lowest BCUT2D eigenvalue weighted by Crippen LogP contribution is -1.92. The normalized spacial score (nSPS) is 11.3. The summed E-state index contributed by atoms with van der Waals surface area (Å²) in [6.45, 7) is 0. The van der Waals surface area contributed by atoms with Crippen molar-refractivity contribution in [2.24, 2.45) is 0 Å². The van der Waals surface area contributed by atoms with Crippen LogP contribution in [-0.2, 0) is 0 Å². The first-order valence-corrected chi connectivity index (χ1v) is 5.65. The molecule has 3 nitrogen and oxygen atoms in total. The minimum absolute atomic E-state index is 0.0125. The summed E-state index contributed by atoms with van der Waals surface area (Å²) in [4.78, 5) is 13.6. The highest BCUT2D eigenvalue weighted by atomic mass is 19.3. The molecule has 1 heterocycles. The number of hydrogen-bond donors (Lipinski definition) is 1. The fourth-order valence-corrected chi connectivity index (χ4v) is 1.95. The van der Waals surface area contributed by atoms with Crippen molar-refractivity contribution in [1.29, 1.82) is 0 Å². The summed E-state index contributed by atoms with van der Waals surface area (Å²) >= 11 is 0. The fourth-order valence-electron chi connectivity index (χ4n) is 1.95. The molecule has 2 aromatic carbocycles. The molecule has 0 atom stereocenters. The van der Waals surface area contributed by atoms with E-state index in [1.165, 1.54) is 12.1 Å². The lowest BCUT2D eigenvalue weighted by atomic mass is 10.0. The van der Waals surface area contributed by atoms with Crippen LogP contribution in [0.15, 0.2) is 51.7 Å². The van der Waals surface area contributed by atoms with Crippen molar-refractivity contribution in [3.63, 3.8) is 0 Å². The molecule has 0 amide bonds. The van der Waals surface area contributed by atoms with Gasteiger partial charge in [0.2, 0.25) is 0 Å². The van der Waals surface area contributed by atoms with Gasteiger partial charge in [0.05, 0.1) is 5.52 Å². The van der Waals surface area contributed by atoms with Crippen LogP contribution < -0.4 is 5.76 Å². The Hall–Kier alpha value is -2.43. The molecule has 19 heavy (non-hydrogen) atoms. The number of rotatable bonds is 2. The molecule has 0 bridgehead atoms. The SMILES string of the molecule is O=c1[nH]c2cc(-c3ccc(C(F)F)cc3)ccc2o1. The quantitative estimate of drug-likeness (QED) is 0.764. The van der Waals surface area contributed by atoms with Gasteiger partial charge in [0.1, 0.15) is 0 Å². The van der Waals surface area contributed by atoms with Gasteiger partial charge in [-0.3, -0.25) is 4.98 Å². The maximum absolute atomic E-state index is 12.5. The zero-order valence-corrected chi connectivity index (χ0v) is 9.69. The number of halogens is 2. The van der Waals surface area contributed by atoms with Gasteiger partial charge in [0.15, 0.2) is 5.58 Å². The molecule has 1 N–H and O–H groups in total. The highest BCUT2D eigenvalue weighted by molar-refractivity contribution is 5.80. The van der Waals surface area contributed by atoms with Crippen LogP contribution in [0.5, 0.6) is 0 Å². The first-order valence-electron chi connectivity index (χ1n) is 5.65. The number of oxazole rings is 1. The molecule has 0 aliphatic heterocycles. The van der Waals surface area contributed by atoms with Gasteiger partial charge in [-0.15, -0.1) is 0 Å². The van der Waals surface area contributed by atoms with Crippen LogP contribution in [0.25, 0.3) is 22.2 Å². The van der Waals surface area contributed by atoms with Crippen LogP contribution in [0.3, 0.4) is 0 Å². The van der Waals surface area contributed by atoms with E-state index in [4.69, 9.17) is 4.42 Å². The number of aromatic amines is 1. The van der Waals surface area contributed by atoms with Gasteiger partial charge < -0.3 is 4.42 Å². The Kier molecular flexibility index (Phi) is 2.67. The average molecular weight is 261 g/mol. The van der Waals surface area contributed by atoms with Crippen molar-refractivity contribution in [3.8, 4) is 11.1 Å². The molecule has 0 saturated heterocycles. The number of nitrogens with one attached hydrogen (secondary N) is 1. The first kappa shape index (κ1) is 11.6. The van der Waals surface area contributed by atoms with E-state index in [0.29, 0.717) is 11.1 Å². The van der Waals surface area contributed by atoms with E-state index in [0.717, 1.165) is 11.1 Å². The van der Waals surface area contributed by atoms with Gasteiger partial charge in [-0.2, -0.15) is 0 Å². The maximum atomic E-state index is 12.5. The first-order chi connectivity index (χ1) is 9.13. The van der Waals surface area contributed by atoms with Crippen molar-refractivity contribution < 1.29 is 13.2 Å². The Morgan fingerprint density at radius 3 is 2.37 bits per heavy atom. The summed E-state index contributed by atoms with van der Waals surface area (Å²) in [6.07, 6.45) is -2.47. The van der Waals surface area contributed by atoms with Gasteiger partial charge in [-0.05, 0) is 23.3 Å². The Labute approximate surface area is 106 Å². The highest BCUT2D eigenvalue weighted by Crippen LogP contribution is 2.26. The van der Waals surface area contributed by atoms with E-state index in [-0.39, 0.29) is 5.56 Å². The summed E-state index contributed by atoms with van der Waals surface area (Å²) in [6, 6.07) is 11.2. The van der Waals surface area contributed by atoms with E-state index in [9.17, 15) is 13.6 Å². The van der Waals surface area contributed by atoms with Crippen molar-refractivity contribution in [2.45, 2.75) is 6.43 Å². The number of H-pyrrole nitrogens is 1. The Morgan fingerprint density at radius 1 is 1.00 bits per heavy atom. The molecular weight excluding hydrogens is 252 g/mol. The van der Waals surface area contributed by atoms with Crippen LogP contribution in [0.2, 0.25) is 0 Å². The number of alkyl halides is 2. The third kappa shape index (κ3) is 2.14. The molecule has 96 valence electrons. The summed E-state index contributed by atoms with van der Waals surface area (Å²) in [7, 11) is 0. The molecule has 0 fully saturated rings. The van der Waals surface area contributed by atoms with Crippen molar-refractivity contribution >= 4 is 11.1 Å². The predicted octanol–water partition coefficient (Wildman–Crippen LogP) is 3.73. The molecule has 0 aliphatic carbocycles. The molecule has 3 rings (SSSR count). The van der Waals surface area contributed by atoms with Gasteiger partial charge in [0.25, 0.3) is 6.43 Å². The summed E-state index contributed by atoms with van der Waals surface area (Å²) in [5.74, 6) is -0.514. The Bertz CT molecular complexity index is 772. The van der Waals surface area contributed by atoms with E-state index < -0.39 is 12.2 Å². The van der Waals surface area contributed by atoms with Crippen molar-refractivity contribution in [3.05, 3.63) is 58.6 Å². The van der Waals surface area contributed by atoms with Crippen LogP contribution in [-0.4, -0.2) is 4.98 Å². The van der Waals surface area contributed by atoms with Gasteiger partial charge in [-0.25, -0.2) is 13.6 Å². The van der Waals surface area contributed by atoms with Gasteiger partial charge in [-0.1, -0.05) is 30.3 Å². The standard InChI is InChI=1S/C14H9F2NO2/c15-13(16)9-3-1-8(2-4-9)10-5-6-12-11(7-10)17-14(18)19-12/h1-7,13H,(H,17,18). The van der Waals surface area contributed by atoms with Crippen LogP contribution >= 0.6 is 0 Å². The van der Waals surface area contributed by atoms with E-state index in [1.807, 2.05) is 0 Å². The molecule has 0 aliphatic rings. The molecule has 0 spiro atoms. The average Bonchev–Trinajstić information content (AvgIpc) is 2.77. The third-order valence-electron chi connectivity index (χ3n) is 2.91. The predicted molar refractivity (Wildman–Crippen MR) is 67.2 cm³/mol. The molecular formula is C14H9F2NO2. The maximum Gasteiger partial charge on any atom is 0.417 e. The number of hydrogen-bond acceptors (Lipinski definition) is 2. The molecule has 3 aromatic rings. The highest BCUT2D eigenvalue weighted by Gasteiger charge is 2.07. The van der Waals surface area contributed by atoms with Crippen molar-refractivity contribution in [1.82, 2.24) is 4.98 Å². The molecule has 1 aromatic heterocycles. The Balaban J connectivity index is 2.05. The zero-order chi connectivity index (χ0) is 13.4. The van der Waals surface area contributed by atoms with E-state index in [2.05, 4.69) is 4.98 Å². The minimum Gasteiger partial charge on any atom is -0.408 e. The second-order valence-corrected chi connectivity index (χ2v) is 4.15. The van der Waals surface area contributed by atoms with Gasteiger partial charge >= 0.3 is 5.76 Å². The fraction of sp³-hybridized carbons (Fsp3) is 0.0714. The molecule has 0 saturated carbocycles. The van der Waals surface area contributed by atoms with Crippen LogP contribution in [0, 0.1) is 0 Å². The molecule has 0 unspecified atom stereocenters. The van der Waals surface area contributed by atoms with E-state index >= 15 is 0 Å². The molecule has 5 heteroatoms. The van der Waals surface area contributed by atoms with Crippen LogP contribution in [0.1, 0.15) is 12.0 Å².